The number of benzene rings is 3. The summed E-state index contributed by atoms with van der Waals surface area (Å²) in [7, 11) is 0. The smallest absolute Gasteiger partial charge is 0.229 e. The second-order valence-corrected chi connectivity index (χ2v) is 13.5. The van der Waals surface area contributed by atoms with Crippen molar-refractivity contribution in [1.29, 1.82) is 0 Å². The number of amides is 1. The Morgan fingerprint density at radius 1 is 0.979 bits per heavy atom. The fourth-order valence-corrected chi connectivity index (χ4v) is 7.24. The predicted molar refractivity (Wildman–Crippen MR) is 188 cm³/mol. The van der Waals surface area contributed by atoms with Crippen LogP contribution in [0.2, 0.25) is 10.0 Å². The number of rotatable bonds is 11. The molecule has 0 spiro atoms. The molecule has 0 saturated carbocycles. The van der Waals surface area contributed by atoms with E-state index in [1.807, 2.05) is 47.8 Å². The molecule has 2 atom stereocenters. The van der Waals surface area contributed by atoms with Crippen LogP contribution in [0.1, 0.15) is 10.4 Å². The van der Waals surface area contributed by atoms with Crippen LogP contribution in [0.3, 0.4) is 0 Å². The van der Waals surface area contributed by atoms with Crippen molar-refractivity contribution in [3.05, 3.63) is 117 Å². The van der Waals surface area contributed by atoms with Gasteiger partial charge in [-0.1, -0.05) is 35.3 Å². The summed E-state index contributed by atoms with van der Waals surface area (Å²) in [5.41, 5.74) is 3.78. The lowest BCUT2D eigenvalue weighted by Gasteiger charge is -2.37. The predicted octanol–water partition coefficient (Wildman–Crippen LogP) is 6.50. The van der Waals surface area contributed by atoms with Gasteiger partial charge in [0.25, 0.3) is 0 Å². The normalized spacial score (nSPS) is 19.4. The molecule has 2 fully saturated rings. The molecule has 2 aliphatic heterocycles. The topological polar surface area (TPSA) is 94.0 Å². The van der Waals surface area contributed by atoms with Crippen molar-refractivity contribution in [3.8, 4) is 5.75 Å². The van der Waals surface area contributed by atoms with Crippen molar-refractivity contribution in [2.75, 3.05) is 54.5 Å². The molecule has 0 radical (unpaired) electrons. The third-order valence-electron chi connectivity index (χ3n) is 8.39. The summed E-state index contributed by atoms with van der Waals surface area (Å²) in [6.07, 6.45) is 3.14. The number of carbonyl (C=O) groups is 1. The van der Waals surface area contributed by atoms with Crippen LogP contribution in [0.25, 0.3) is 0 Å². The molecule has 4 heterocycles. The van der Waals surface area contributed by atoms with Gasteiger partial charge in [-0.15, -0.1) is 11.3 Å². The molecule has 2 aromatic heterocycles. The van der Waals surface area contributed by atoms with E-state index in [9.17, 15) is 4.79 Å². The Hall–Kier alpha value is -4.13. The number of nitrogens with one attached hydrogen (secondary N) is 1. The number of carbonyl (C=O) groups excluding carboxylic acids is 1. The van der Waals surface area contributed by atoms with Gasteiger partial charge in [-0.3, -0.25) is 4.79 Å². The monoisotopic (exact) mass is 704 g/mol. The van der Waals surface area contributed by atoms with Gasteiger partial charge in [-0.25, -0.2) is 9.67 Å². The number of thiophene rings is 1. The number of piperazine rings is 1. The van der Waals surface area contributed by atoms with Gasteiger partial charge in [0, 0.05) is 58.7 Å². The molecule has 5 aromatic rings. The highest BCUT2D eigenvalue weighted by atomic mass is 35.5. The fourth-order valence-electron chi connectivity index (χ4n) is 5.98. The minimum atomic E-state index is -1.16. The van der Waals surface area contributed by atoms with Crippen LogP contribution in [0.5, 0.6) is 5.75 Å². The Morgan fingerprint density at radius 3 is 2.35 bits per heavy atom. The summed E-state index contributed by atoms with van der Waals surface area (Å²) in [4.78, 5) is 22.2. The first-order chi connectivity index (χ1) is 23.4. The third-order valence-corrected chi connectivity index (χ3v) is 9.81. The molecule has 248 valence electrons. The molecule has 0 bridgehead atoms. The van der Waals surface area contributed by atoms with Crippen molar-refractivity contribution in [1.82, 2.24) is 14.8 Å². The first-order valence-electron chi connectivity index (χ1n) is 15.7. The maximum absolute atomic E-state index is 12.3. The van der Waals surface area contributed by atoms with E-state index >= 15 is 0 Å². The fraction of sp³-hybridized carbons (Fsp3) is 0.286. The maximum Gasteiger partial charge on any atom is 0.229 e. The molecule has 0 aliphatic carbocycles. The average molecular weight is 706 g/mol. The summed E-state index contributed by atoms with van der Waals surface area (Å²) >= 11 is 14.3. The molecular formula is C35H34Cl2N6O4S. The van der Waals surface area contributed by atoms with E-state index in [4.69, 9.17) is 37.4 Å². The van der Waals surface area contributed by atoms with Crippen LogP contribution in [0.4, 0.5) is 17.1 Å². The van der Waals surface area contributed by atoms with Gasteiger partial charge < -0.3 is 29.3 Å². The molecular weight excluding hydrogens is 671 g/mol. The van der Waals surface area contributed by atoms with E-state index in [0.717, 1.165) is 53.9 Å². The van der Waals surface area contributed by atoms with Gasteiger partial charge in [0.05, 0.1) is 18.1 Å². The number of halogens is 2. The molecule has 1 N–H and O–H groups in total. The van der Waals surface area contributed by atoms with Gasteiger partial charge in [0.1, 0.15) is 37.7 Å². The Balaban J connectivity index is 0.897. The Kier molecular flexibility index (Phi) is 9.83. The van der Waals surface area contributed by atoms with Crippen LogP contribution in [0, 0.1) is 0 Å². The van der Waals surface area contributed by atoms with Gasteiger partial charge in [-0.05, 0) is 72.1 Å². The third kappa shape index (κ3) is 7.61. The zero-order valence-electron chi connectivity index (χ0n) is 26.0. The lowest BCUT2D eigenvalue weighted by molar-refractivity contribution is -0.190. The van der Waals surface area contributed by atoms with Gasteiger partial charge in [0.15, 0.2) is 0 Å². The number of hydrogen-bond donors (Lipinski definition) is 1. The Labute approximate surface area is 292 Å². The summed E-state index contributed by atoms with van der Waals surface area (Å²) < 4.78 is 20.5. The second-order valence-electron chi connectivity index (χ2n) is 11.7. The zero-order valence-corrected chi connectivity index (χ0v) is 28.3. The highest BCUT2D eigenvalue weighted by Crippen LogP contribution is 2.40. The highest BCUT2D eigenvalue weighted by molar-refractivity contribution is 7.10. The molecule has 48 heavy (non-hydrogen) atoms. The van der Waals surface area contributed by atoms with Gasteiger partial charge >= 0.3 is 0 Å². The number of anilines is 3. The van der Waals surface area contributed by atoms with Gasteiger partial charge in [-0.2, -0.15) is 5.10 Å². The van der Waals surface area contributed by atoms with Crippen LogP contribution in [-0.2, 0) is 33.0 Å². The Bertz CT molecular complexity index is 1800. The average Bonchev–Trinajstić information content (AvgIpc) is 3.89. The van der Waals surface area contributed by atoms with Crippen LogP contribution in [0.15, 0.2) is 96.9 Å². The minimum Gasteiger partial charge on any atom is -0.491 e. The number of hydrogen-bond acceptors (Lipinski definition) is 9. The standard InChI is InChI=1S/C35H34Cl2N6O4S/c36-25-3-12-32(33(37)18-25)35(22-43-24-38-23-39-43)46-21-30(47-35)20-45-29-10-8-28(9-11-29)42-15-13-41(14-16-42)27-6-4-26(5-7-27)40-34(44)19-31-2-1-17-48-31/h1-12,17-18,23-24,30H,13-16,19-22H2,(H,40,44)/t30-,35-/m1/s1. The SMILES string of the molecule is O=C(Cc1cccs1)Nc1ccc(N2CCN(c3ccc(OC[C@@H]4CO[C@@](Cn5cncn5)(c5ccc(Cl)cc5Cl)O4)cc3)CC2)cc1. The molecule has 7 rings (SSSR count). The highest BCUT2D eigenvalue weighted by Gasteiger charge is 2.45. The van der Waals surface area contributed by atoms with Crippen molar-refractivity contribution in [2.24, 2.45) is 0 Å². The van der Waals surface area contributed by atoms with Crippen LogP contribution < -0.4 is 19.9 Å². The van der Waals surface area contributed by atoms with Crippen LogP contribution in [-0.4, -0.2) is 66.2 Å². The van der Waals surface area contributed by atoms with Crippen LogP contribution >= 0.6 is 34.5 Å². The van der Waals surface area contributed by atoms with Gasteiger partial charge in [0.2, 0.25) is 11.7 Å². The quantitative estimate of drug-likeness (QED) is 0.167. The molecule has 2 aliphatic rings. The van der Waals surface area contributed by atoms with E-state index in [0.29, 0.717) is 35.2 Å². The molecule has 1 amide bonds. The van der Waals surface area contributed by atoms with E-state index in [-0.39, 0.29) is 18.6 Å². The summed E-state index contributed by atoms with van der Waals surface area (Å²) in [6, 6.07) is 25.4. The van der Waals surface area contributed by atoms with Crippen molar-refractivity contribution in [2.45, 2.75) is 24.9 Å². The van der Waals surface area contributed by atoms with E-state index in [1.54, 1.807) is 34.5 Å². The lowest BCUT2D eigenvalue weighted by atomic mass is 10.1. The van der Waals surface area contributed by atoms with E-state index < -0.39 is 5.79 Å². The number of nitrogens with zero attached hydrogens (tertiary/aromatic N) is 5. The van der Waals surface area contributed by atoms with Crippen molar-refractivity contribution in [3.63, 3.8) is 0 Å². The number of ether oxygens (including phenoxy) is 3. The first kappa shape index (κ1) is 32.4. The Morgan fingerprint density at radius 2 is 1.71 bits per heavy atom. The second kappa shape index (κ2) is 14.6. The summed E-state index contributed by atoms with van der Waals surface area (Å²) in [5, 5.41) is 10.2. The number of aromatic nitrogens is 3. The van der Waals surface area contributed by atoms with Crippen molar-refractivity contribution >= 4 is 57.5 Å². The maximum atomic E-state index is 12.3. The van der Waals surface area contributed by atoms with E-state index in [1.165, 1.54) is 6.33 Å². The molecule has 2 saturated heterocycles. The molecule has 10 nitrogen and oxygen atoms in total. The summed E-state index contributed by atoms with van der Waals surface area (Å²) in [5.74, 6) is -0.406. The van der Waals surface area contributed by atoms with E-state index in [2.05, 4.69) is 49.5 Å². The molecule has 0 unspecified atom stereocenters. The largest absolute Gasteiger partial charge is 0.491 e. The zero-order chi connectivity index (χ0) is 32.9. The lowest BCUT2D eigenvalue weighted by Crippen LogP contribution is -2.46. The molecule has 3 aromatic carbocycles. The van der Waals surface area contributed by atoms with Crippen molar-refractivity contribution < 1.29 is 19.0 Å². The molecule has 13 heteroatoms. The summed E-state index contributed by atoms with van der Waals surface area (Å²) in [6.45, 7) is 4.49. The minimum absolute atomic E-state index is 0.00274. The first-order valence-corrected chi connectivity index (χ1v) is 17.3.